The van der Waals surface area contributed by atoms with E-state index in [-0.39, 0.29) is 18.4 Å². The summed E-state index contributed by atoms with van der Waals surface area (Å²) < 4.78 is 1.80. The summed E-state index contributed by atoms with van der Waals surface area (Å²) in [4.78, 5) is 36.5. The Morgan fingerprint density at radius 3 is 2.68 bits per heavy atom. The zero-order valence-corrected chi connectivity index (χ0v) is 15.9. The van der Waals surface area contributed by atoms with E-state index >= 15 is 0 Å². The summed E-state index contributed by atoms with van der Waals surface area (Å²) >= 11 is 0. The lowest BCUT2D eigenvalue weighted by atomic mass is 9.88. The zero-order valence-electron chi connectivity index (χ0n) is 15.9. The van der Waals surface area contributed by atoms with Crippen molar-refractivity contribution in [3.05, 3.63) is 29.5 Å². The second-order valence-corrected chi connectivity index (χ2v) is 7.73. The molecule has 0 radical (unpaired) electrons. The second-order valence-electron chi connectivity index (χ2n) is 7.73. The number of nitrogens with zero attached hydrogens (tertiary/aromatic N) is 3. The number of nitrogens with one attached hydrogen (secondary N) is 1. The van der Waals surface area contributed by atoms with Crippen LogP contribution >= 0.6 is 0 Å². The van der Waals surface area contributed by atoms with Crippen LogP contribution in [0.1, 0.15) is 48.8 Å². The highest BCUT2D eigenvalue weighted by Crippen LogP contribution is 2.34. The molecule has 28 heavy (non-hydrogen) atoms. The Morgan fingerprint density at radius 2 is 2.00 bits per heavy atom. The average Bonchev–Trinajstić information content (AvgIpc) is 2.98. The number of rotatable bonds is 4. The fourth-order valence-electron chi connectivity index (χ4n) is 4.38. The van der Waals surface area contributed by atoms with E-state index in [1.165, 1.54) is 5.56 Å². The smallest absolute Gasteiger partial charge is 0.317 e. The van der Waals surface area contributed by atoms with Gasteiger partial charge in [0, 0.05) is 18.9 Å². The van der Waals surface area contributed by atoms with Crippen LogP contribution in [0.3, 0.4) is 0 Å². The number of aromatic nitrogens is 2. The van der Waals surface area contributed by atoms with Crippen molar-refractivity contribution in [1.82, 2.24) is 20.0 Å². The largest absolute Gasteiger partial charge is 0.480 e. The molecule has 1 aromatic heterocycles. The fourth-order valence-corrected chi connectivity index (χ4v) is 4.38. The third-order valence-electron chi connectivity index (χ3n) is 5.89. The topological polar surface area (TPSA) is 105 Å². The van der Waals surface area contributed by atoms with Gasteiger partial charge in [0.15, 0.2) is 0 Å². The molecule has 2 aromatic rings. The molecule has 3 heterocycles. The van der Waals surface area contributed by atoms with Crippen molar-refractivity contribution in [2.45, 2.75) is 37.5 Å². The van der Waals surface area contributed by atoms with E-state index in [2.05, 4.69) is 22.5 Å². The molecule has 148 valence electrons. The molecule has 2 saturated heterocycles. The fraction of sp³-hybridized carbons (Fsp3) is 0.500. The zero-order chi connectivity index (χ0) is 19.8. The molecule has 4 rings (SSSR count). The molecule has 2 aliphatic heterocycles. The molecule has 2 aliphatic rings. The minimum atomic E-state index is -0.782. The molecule has 1 aromatic carbocycles. The summed E-state index contributed by atoms with van der Waals surface area (Å²) in [6.45, 7) is 1.66. The molecule has 8 heteroatoms. The number of aryl methyl sites for hydroxylation is 1. The number of carboxylic acid groups (broad SMARTS) is 1. The van der Waals surface area contributed by atoms with Gasteiger partial charge in [0.1, 0.15) is 0 Å². The number of likely N-dealkylation sites (tertiary alicyclic amines) is 1. The van der Waals surface area contributed by atoms with E-state index < -0.39 is 11.9 Å². The van der Waals surface area contributed by atoms with Crippen LogP contribution in [0.4, 0.5) is 0 Å². The van der Waals surface area contributed by atoms with E-state index in [4.69, 9.17) is 5.11 Å². The van der Waals surface area contributed by atoms with Crippen molar-refractivity contribution >= 4 is 28.7 Å². The maximum Gasteiger partial charge on any atom is 0.317 e. The number of piperidine rings is 2. The van der Waals surface area contributed by atoms with Crippen LogP contribution in [0.15, 0.2) is 18.2 Å². The Hall–Kier alpha value is -2.74. The monoisotopic (exact) mass is 384 g/mol. The summed E-state index contributed by atoms with van der Waals surface area (Å²) in [5.74, 6) is -1.28. The molecule has 2 amide bonds. The number of carbonyl (C=O) groups is 3. The highest BCUT2D eigenvalue weighted by molar-refractivity contribution is 6.02. The van der Waals surface area contributed by atoms with Crippen LogP contribution in [-0.4, -0.2) is 57.2 Å². The first kappa shape index (κ1) is 18.6. The predicted octanol–water partition coefficient (Wildman–Crippen LogP) is 1.36. The van der Waals surface area contributed by atoms with Gasteiger partial charge in [-0.05, 0) is 49.9 Å². The molecule has 0 saturated carbocycles. The van der Waals surface area contributed by atoms with Crippen molar-refractivity contribution < 1.29 is 19.5 Å². The van der Waals surface area contributed by atoms with Gasteiger partial charge in [-0.15, -0.1) is 0 Å². The Kier molecular flexibility index (Phi) is 4.89. The van der Waals surface area contributed by atoms with Gasteiger partial charge in [0.25, 0.3) is 0 Å². The van der Waals surface area contributed by atoms with Crippen LogP contribution in [0.5, 0.6) is 0 Å². The summed E-state index contributed by atoms with van der Waals surface area (Å²) in [6, 6.07) is 6.26. The highest BCUT2D eigenvalue weighted by atomic mass is 16.4. The summed E-state index contributed by atoms with van der Waals surface area (Å²) in [5, 5.41) is 16.9. The molecule has 1 atom stereocenters. The van der Waals surface area contributed by atoms with Gasteiger partial charge in [-0.3, -0.25) is 29.3 Å². The highest BCUT2D eigenvalue weighted by Gasteiger charge is 2.32. The minimum absolute atomic E-state index is 0.100. The number of hydrogen-bond acceptors (Lipinski definition) is 5. The number of hydrogen-bond donors (Lipinski definition) is 2. The van der Waals surface area contributed by atoms with Crippen molar-refractivity contribution in [2.75, 3.05) is 19.6 Å². The van der Waals surface area contributed by atoms with Gasteiger partial charge in [0.05, 0.1) is 23.7 Å². The molecule has 1 unspecified atom stereocenters. The lowest BCUT2D eigenvalue weighted by Gasteiger charge is -2.31. The molecule has 2 fully saturated rings. The van der Waals surface area contributed by atoms with Crippen LogP contribution < -0.4 is 5.32 Å². The predicted molar refractivity (Wildman–Crippen MR) is 102 cm³/mol. The Bertz CT molecular complexity index is 943. The van der Waals surface area contributed by atoms with Crippen LogP contribution in [-0.2, 0) is 21.4 Å². The van der Waals surface area contributed by atoms with E-state index in [1.807, 2.05) is 18.0 Å². The number of benzene rings is 1. The van der Waals surface area contributed by atoms with Crippen LogP contribution in [0.25, 0.3) is 10.9 Å². The molecule has 0 spiro atoms. The van der Waals surface area contributed by atoms with E-state index in [1.54, 1.807) is 4.68 Å². The maximum atomic E-state index is 12.3. The SMILES string of the molecule is Cn1nc(C2CCC(=O)NC2=O)c2ccc(C3CCN(CC(=O)O)CC3)cc21. The third kappa shape index (κ3) is 3.52. The molecule has 0 bridgehead atoms. The number of carbonyl (C=O) groups excluding carboxylic acids is 2. The van der Waals surface area contributed by atoms with Crippen molar-refractivity contribution in [1.29, 1.82) is 0 Å². The number of aliphatic carboxylic acids is 1. The van der Waals surface area contributed by atoms with E-state index in [0.29, 0.717) is 18.8 Å². The average molecular weight is 384 g/mol. The Balaban J connectivity index is 1.56. The van der Waals surface area contributed by atoms with Gasteiger partial charge in [-0.25, -0.2) is 0 Å². The van der Waals surface area contributed by atoms with Crippen molar-refractivity contribution in [3.63, 3.8) is 0 Å². The number of imide groups is 1. The van der Waals surface area contributed by atoms with Crippen LogP contribution in [0, 0.1) is 0 Å². The van der Waals surface area contributed by atoms with Gasteiger partial charge in [-0.1, -0.05) is 12.1 Å². The summed E-state index contributed by atoms with van der Waals surface area (Å²) in [5.41, 5.74) is 2.93. The van der Waals surface area contributed by atoms with Gasteiger partial charge < -0.3 is 5.11 Å². The first-order chi connectivity index (χ1) is 13.4. The number of carboxylic acids is 1. The van der Waals surface area contributed by atoms with E-state index in [0.717, 1.165) is 42.5 Å². The normalized spacial score (nSPS) is 21.8. The Labute approximate surface area is 162 Å². The first-order valence-electron chi connectivity index (χ1n) is 9.67. The lowest BCUT2D eigenvalue weighted by Crippen LogP contribution is -2.39. The number of fused-ring (bicyclic) bond motifs is 1. The van der Waals surface area contributed by atoms with Gasteiger partial charge in [-0.2, -0.15) is 5.10 Å². The second kappa shape index (κ2) is 7.35. The van der Waals surface area contributed by atoms with Gasteiger partial charge >= 0.3 is 5.97 Å². The van der Waals surface area contributed by atoms with E-state index in [9.17, 15) is 14.4 Å². The quantitative estimate of drug-likeness (QED) is 0.772. The summed E-state index contributed by atoms with van der Waals surface area (Å²) in [7, 11) is 1.87. The standard InChI is InChI=1S/C20H24N4O4/c1-23-16-10-13(12-6-8-24(9-7-12)11-18(26)27)2-3-14(16)19(22-23)15-4-5-17(25)21-20(15)28/h2-3,10,12,15H,4-9,11H2,1H3,(H,26,27)(H,21,25,28). The van der Waals surface area contributed by atoms with Crippen molar-refractivity contribution in [3.8, 4) is 0 Å². The molecule has 0 aliphatic carbocycles. The maximum absolute atomic E-state index is 12.3. The third-order valence-corrected chi connectivity index (χ3v) is 5.89. The Morgan fingerprint density at radius 1 is 1.25 bits per heavy atom. The molecule has 2 N–H and O–H groups in total. The number of amides is 2. The summed E-state index contributed by atoms with van der Waals surface area (Å²) in [6.07, 6.45) is 2.68. The van der Waals surface area contributed by atoms with Crippen molar-refractivity contribution in [2.24, 2.45) is 7.05 Å². The molecular formula is C20H24N4O4. The van der Waals surface area contributed by atoms with Gasteiger partial charge in [0.2, 0.25) is 11.8 Å². The molecular weight excluding hydrogens is 360 g/mol. The lowest BCUT2D eigenvalue weighted by molar-refractivity contribution is -0.138. The first-order valence-corrected chi connectivity index (χ1v) is 9.67. The minimum Gasteiger partial charge on any atom is -0.480 e. The molecule has 8 nitrogen and oxygen atoms in total. The van der Waals surface area contributed by atoms with Crippen LogP contribution in [0.2, 0.25) is 0 Å².